The summed E-state index contributed by atoms with van der Waals surface area (Å²) in [6, 6.07) is 12.1. The van der Waals surface area contributed by atoms with Crippen molar-refractivity contribution in [2.75, 3.05) is 32.2 Å². The Hall–Kier alpha value is -2.51. The third-order valence-corrected chi connectivity index (χ3v) is 4.75. The number of ether oxygens (including phenoxy) is 2. The molecule has 0 unspecified atom stereocenters. The molecule has 130 valence electrons. The molecular formula is C18H21N5O2. The molecule has 0 atom stereocenters. The van der Waals surface area contributed by atoms with Gasteiger partial charge in [0, 0.05) is 51.3 Å². The smallest absolute Gasteiger partial charge is 0.254 e. The molecule has 0 aliphatic carbocycles. The van der Waals surface area contributed by atoms with Gasteiger partial charge in [-0.2, -0.15) is 14.6 Å². The van der Waals surface area contributed by atoms with Gasteiger partial charge < -0.3 is 14.8 Å². The normalized spacial score (nSPS) is 16.8. The summed E-state index contributed by atoms with van der Waals surface area (Å²) in [6.45, 7) is 2.12. The molecule has 7 nitrogen and oxygen atoms in total. The second kappa shape index (κ2) is 6.78. The maximum Gasteiger partial charge on any atom is 0.254 e. The standard InChI is InChI=1S/C18H21N5O2/c1-24-18(7-9-25-10-8-18)12-19-16-11-15(14-5-3-2-4-6-14)22-17-20-13-21-23(16)17/h2-6,11,13,19H,7-10,12H2,1H3. The van der Waals surface area contributed by atoms with E-state index in [1.165, 1.54) is 6.33 Å². The van der Waals surface area contributed by atoms with Crippen LogP contribution in [0.4, 0.5) is 5.82 Å². The van der Waals surface area contributed by atoms with E-state index in [1.54, 1.807) is 11.6 Å². The minimum Gasteiger partial charge on any atom is -0.381 e. The third-order valence-electron chi connectivity index (χ3n) is 4.75. The molecule has 1 aliphatic heterocycles. The predicted octanol–water partition coefficient (Wildman–Crippen LogP) is 2.40. The molecule has 0 spiro atoms. The number of benzene rings is 1. The number of rotatable bonds is 5. The highest BCUT2D eigenvalue weighted by atomic mass is 16.5. The van der Waals surface area contributed by atoms with Crippen LogP contribution in [-0.2, 0) is 9.47 Å². The molecule has 1 fully saturated rings. The minimum atomic E-state index is -0.221. The average molecular weight is 339 g/mol. The Balaban J connectivity index is 1.65. The molecule has 2 aromatic heterocycles. The fourth-order valence-electron chi connectivity index (χ4n) is 3.14. The Morgan fingerprint density at radius 1 is 1.24 bits per heavy atom. The Morgan fingerprint density at radius 3 is 2.80 bits per heavy atom. The zero-order valence-corrected chi connectivity index (χ0v) is 14.2. The molecular weight excluding hydrogens is 318 g/mol. The predicted molar refractivity (Wildman–Crippen MR) is 94.5 cm³/mol. The van der Waals surface area contributed by atoms with Crippen LogP contribution in [0, 0.1) is 0 Å². The summed E-state index contributed by atoms with van der Waals surface area (Å²) < 4.78 is 13.0. The first-order valence-corrected chi connectivity index (χ1v) is 8.43. The third kappa shape index (κ3) is 3.20. The van der Waals surface area contributed by atoms with Crippen molar-refractivity contribution in [3.8, 4) is 11.3 Å². The molecule has 25 heavy (non-hydrogen) atoms. The number of fused-ring (bicyclic) bond motifs is 1. The quantitative estimate of drug-likeness (QED) is 0.769. The summed E-state index contributed by atoms with van der Waals surface area (Å²) in [5.74, 6) is 1.42. The first-order valence-electron chi connectivity index (χ1n) is 8.43. The van der Waals surface area contributed by atoms with Gasteiger partial charge >= 0.3 is 0 Å². The van der Waals surface area contributed by atoms with Crippen LogP contribution in [0.2, 0.25) is 0 Å². The number of methoxy groups -OCH3 is 1. The minimum absolute atomic E-state index is 0.221. The monoisotopic (exact) mass is 339 g/mol. The van der Waals surface area contributed by atoms with Gasteiger partial charge in [-0.1, -0.05) is 30.3 Å². The molecule has 0 radical (unpaired) electrons. The topological polar surface area (TPSA) is 73.6 Å². The van der Waals surface area contributed by atoms with Gasteiger partial charge in [-0.15, -0.1) is 0 Å². The number of hydrogen-bond acceptors (Lipinski definition) is 6. The molecule has 1 aromatic carbocycles. The molecule has 0 bridgehead atoms. The highest BCUT2D eigenvalue weighted by Gasteiger charge is 2.32. The number of anilines is 1. The summed E-state index contributed by atoms with van der Waals surface area (Å²) in [5, 5.41) is 7.77. The van der Waals surface area contributed by atoms with E-state index in [0.29, 0.717) is 12.3 Å². The number of nitrogens with one attached hydrogen (secondary N) is 1. The van der Waals surface area contributed by atoms with E-state index >= 15 is 0 Å². The maximum atomic E-state index is 5.81. The van der Waals surface area contributed by atoms with Gasteiger partial charge in [0.2, 0.25) is 0 Å². The van der Waals surface area contributed by atoms with Gasteiger partial charge in [0.15, 0.2) is 0 Å². The van der Waals surface area contributed by atoms with Crippen LogP contribution in [0.5, 0.6) is 0 Å². The van der Waals surface area contributed by atoms with Crippen LogP contribution in [-0.4, -0.2) is 52.1 Å². The zero-order valence-electron chi connectivity index (χ0n) is 14.2. The lowest BCUT2D eigenvalue weighted by molar-refractivity contribution is -0.0807. The summed E-state index contributed by atoms with van der Waals surface area (Å²) in [4.78, 5) is 8.84. The molecule has 1 N–H and O–H groups in total. The van der Waals surface area contributed by atoms with Crippen molar-refractivity contribution < 1.29 is 9.47 Å². The molecule has 3 aromatic rings. The van der Waals surface area contributed by atoms with Gasteiger partial charge in [-0.05, 0) is 0 Å². The van der Waals surface area contributed by atoms with Gasteiger partial charge in [-0.3, -0.25) is 0 Å². The molecule has 0 amide bonds. The zero-order chi connectivity index (χ0) is 17.1. The largest absolute Gasteiger partial charge is 0.381 e. The lowest BCUT2D eigenvalue weighted by Gasteiger charge is -2.36. The number of hydrogen-bond donors (Lipinski definition) is 1. The number of aromatic nitrogens is 4. The van der Waals surface area contributed by atoms with Gasteiger partial charge in [-0.25, -0.2) is 4.98 Å². The molecule has 1 saturated heterocycles. The molecule has 0 saturated carbocycles. The van der Waals surface area contributed by atoms with E-state index in [1.807, 2.05) is 36.4 Å². The van der Waals surface area contributed by atoms with Crippen LogP contribution >= 0.6 is 0 Å². The van der Waals surface area contributed by atoms with Gasteiger partial charge in [0.25, 0.3) is 5.78 Å². The Labute approximate surface area is 146 Å². The summed E-state index contributed by atoms with van der Waals surface area (Å²) >= 11 is 0. The number of nitrogens with zero attached hydrogens (tertiary/aromatic N) is 4. The van der Waals surface area contributed by atoms with Crippen molar-refractivity contribution in [2.24, 2.45) is 0 Å². The van der Waals surface area contributed by atoms with E-state index in [9.17, 15) is 0 Å². The Kier molecular flexibility index (Phi) is 4.33. The van der Waals surface area contributed by atoms with Crippen molar-refractivity contribution in [1.82, 2.24) is 19.6 Å². The van der Waals surface area contributed by atoms with Crippen LogP contribution in [0.3, 0.4) is 0 Å². The van der Waals surface area contributed by atoms with E-state index in [-0.39, 0.29) is 5.60 Å². The van der Waals surface area contributed by atoms with E-state index in [2.05, 4.69) is 20.4 Å². The highest BCUT2D eigenvalue weighted by Crippen LogP contribution is 2.26. The fraction of sp³-hybridized carbons (Fsp3) is 0.389. The summed E-state index contributed by atoms with van der Waals surface area (Å²) in [7, 11) is 1.76. The molecule has 1 aliphatic rings. The average Bonchev–Trinajstić information content (AvgIpc) is 3.16. The first-order chi connectivity index (χ1) is 12.3. The summed E-state index contributed by atoms with van der Waals surface area (Å²) in [6.07, 6.45) is 3.25. The second-order valence-corrected chi connectivity index (χ2v) is 6.22. The Bertz CT molecular complexity index is 843. The van der Waals surface area contributed by atoms with Crippen LogP contribution in [0.15, 0.2) is 42.7 Å². The van der Waals surface area contributed by atoms with Crippen LogP contribution in [0.25, 0.3) is 17.0 Å². The summed E-state index contributed by atoms with van der Waals surface area (Å²) in [5.41, 5.74) is 1.69. The molecule has 3 heterocycles. The molecule has 4 rings (SSSR count). The van der Waals surface area contributed by atoms with Crippen LogP contribution < -0.4 is 5.32 Å². The first kappa shape index (κ1) is 16.0. The van der Waals surface area contributed by atoms with Crippen molar-refractivity contribution in [2.45, 2.75) is 18.4 Å². The highest BCUT2D eigenvalue weighted by molar-refractivity contribution is 5.65. The SMILES string of the molecule is COC1(CNc2cc(-c3ccccc3)nc3ncnn23)CCOCC1. The van der Waals surface area contributed by atoms with Crippen LogP contribution in [0.1, 0.15) is 12.8 Å². The fourth-order valence-corrected chi connectivity index (χ4v) is 3.14. The van der Waals surface area contributed by atoms with E-state index in [0.717, 1.165) is 43.1 Å². The maximum absolute atomic E-state index is 5.81. The Morgan fingerprint density at radius 2 is 2.04 bits per heavy atom. The van der Waals surface area contributed by atoms with Gasteiger partial charge in [0.05, 0.1) is 11.3 Å². The van der Waals surface area contributed by atoms with Crippen molar-refractivity contribution in [3.05, 3.63) is 42.7 Å². The second-order valence-electron chi connectivity index (χ2n) is 6.22. The van der Waals surface area contributed by atoms with Gasteiger partial charge in [0.1, 0.15) is 12.1 Å². The van der Waals surface area contributed by atoms with Crippen molar-refractivity contribution in [3.63, 3.8) is 0 Å². The van der Waals surface area contributed by atoms with Crippen molar-refractivity contribution >= 4 is 11.6 Å². The molecule has 7 heteroatoms. The lowest BCUT2D eigenvalue weighted by Crippen LogP contribution is -2.44. The van der Waals surface area contributed by atoms with E-state index in [4.69, 9.17) is 9.47 Å². The van der Waals surface area contributed by atoms with E-state index < -0.39 is 0 Å². The lowest BCUT2D eigenvalue weighted by atomic mass is 9.94. The van der Waals surface area contributed by atoms with Crippen molar-refractivity contribution in [1.29, 1.82) is 0 Å².